The topological polar surface area (TPSA) is 38.3 Å². The van der Waals surface area contributed by atoms with Gasteiger partial charge in [0.15, 0.2) is 0 Å². The number of ketones is 1. The largest absolute Gasteiger partial charge is 0.489 e. The zero-order valence-electron chi connectivity index (χ0n) is 19.3. The molecule has 162 valence electrons. The number of nitrogens with one attached hydrogen (secondary N) is 1. The number of benzene rings is 2. The second-order valence-electron chi connectivity index (χ2n) is 8.72. The van der Waals surface area contributed by atoms with E-state index in [0.717, 1.165) is 29.7 Å². The Morgan fingerprint density at radius 2 is 1.83 bits per heavy atom. The first-order valence-corrected chi connectivity index (χ1v) is 10.9. The molecule has 2 atom stereocenters. The lowest BCUT2D eigenvalue weighted by molar-refractivity contribution is -0.122. The van der Waals surface area contributed by atoms with Gasteiger partial charge < -0.3 is 10.1 Å². The first kappa shape index (κ1) is 23.9. The molecule has 2 aromatic rings. The minimum absolute atomic E-state index is 0.0333. The Morgan fingerprint density at radius 3 is 2.50 bits per heavy atom. The third kappa shape index (κ3) is 8.16. The standard InChI is InChI=1S/C27H37NO2/c1-19(2)10-12-26(29)22(5)17-28-23(6)16-24-11-13-27(21(4)15-24)30-18-25-9-7-8-20(3)14-25/h7-9,11,13-15,22-23,28H,1,10,12,16-18H2,2-6H3. The van der Waals surface area contributed by atoms with Gasteiger partial charge in [0, 0.05) is 24.9 Å². The molecular formula is C27H37NO2. The maximum absolute atomic E-state index is 12.2. The van der Waals surface area contributed by atoms with Gasteiger partial charge in [-0.25, -0.2) is 0 Å². The normalized spacial score (nSPS) is 13.0. The highest BCUT2D eigenvalue weighted by Crippen LogP contribution is 2.21. The summed E-state index contributed by atoms with van der Waals surface area (Å²) in [6.45, 7) is 15.5. The van der Waals surface area contributed by atoms with E-state index in [0.29, 0.717) is 31.4 Å². The second-order valence-corrected chi connectivity index (χ2v) is 8.72. The summed E-state index contributed by atoms with van der Waals surface area (Å²) in [5.41, 5.74) is 5.92. The van der Waals surface area contributed by atoms with Crippen LogP contribution in [0, 0.1) is 19.8 Å². The molecule has 2 rings (SSSR count). The van der Waals surface area contributed by atoms with Gasteiger partial charge in [-0.3, -0.25) is 4.79 Å². The Labute approximate surface area is 182 Å². The molecule has 0 spiro atoms. The van der Waals surface area contributed by atoms with Gasteiger partial charge in [0.2, 0.25) is 0 Å². The first-order chi connectivity index (χ1) is 14.2. The van der Waals surface area contributed by atoms with Gasteiger partial charge in [-0.15, -0.1) is 6.58 Å². The van der Waals surface area contributed by atoms with E-state index in [-0.39, 0.29) is 5.92 Å². The Hall–Kier alpha value is -2.39. The van der Waals surface area contributed by atoms with Crippen molar-refractivity contribution in [2.24, 2.45) is 5.92 Å². The average Bonchev–Trinajstić information content (AvgIpc) is 2.69. The smallest absolute Gasteiger partial charge is 0.137 e. The molecule has 0 aliphatic carbocycles. The lowest BCUT2D eigenvalue weighted by Crippen LogP contribution is -2.34. The lowest BCUT2D eigenvalue weighted by Gasteiger charge is -2.18. The number of hydrogen-bond donors (Lipinski definition) is 1. The molecule has 1 N–H and O–H groups in total. The van der Waals surface area contributed by atoms with Gasteiger partial charge in [-0.1, -0.05) is 54.5 Å². The molecule has 0 aliphatic rings. The van der Waals surface area contributed by atoms with Gasteiger partial charge in [-0.05, 0) is 63.3 Å². The van der Waals surface area contributed by atoms with E-state index >= 15 is 0 Å². The molecule has 0 saturated heterocycles. The summed E-state index contributed by atoms with van der Waals surface area (Å²) in [5.74, 6) is 1.27. The number of ether oxygens (including phenoxy) is 1. The lowest BCUT2D eigenvalue weighted by atomic mass is 9.99. The molecule has 0 amide bonds. The fourth-order valence-electron chi connectivity index (χ4n) is 3.46. The van der Waals surface area contributed by atoms with Gasteiger partial charge in [0.25, 0.3) is 0 Å². The maximum atomic E-state index is 12.2. The zero-order valence-corrected chi connectivity index (χ0v) is 19.3. The van der Waals surface area contributed by atoms with Crippen LogP contribution in [-0.2, 0) is 17.8 Å². The molecule has 0 fully saturated rings. The number of hydrogen-bond acceptors (Lipinski definition) is 3. The molecule has 0 aliphatic heterocycles. The van der Waals surface area contributed by atoms with Crippen molar-refractivity contribution in [3.63, 3.8) is 0 Å². The summed E-state index contributed by atoms with van der Waals surface area (Å²) in [6.07, 6.45) is 2.30. The third-order valence-electron chi connectivity index (χ3n) is 5.38. The number of allylic oxidation sites excluding steroid dienone is 1. The highest BCUT2D eigenvalue weighted by Gasteiger charge is 2.14. The summed E-state index contributed by atoms with van der Waals surface area (Å²) in [5, 5.41) is 3.51. The van der Waals surface area contributed by atoms with Crippen LogP contribution < -0.4 is 10.1 Å². The Bertz CT molecular complexity index is 856. The maximum Gasteiger partial charge on any atom is 0.137 e. The van der Waals surface area contributed by atoms with Crippen LogP contribution in [0.15, 0.2) is 54.6 Å². The van der Waals surface area contributed by atoms with Crippen LogP contribution in [0.1, 0.15) is 55.9 Å². The minimum atomic E-state index is 0.0333. The quantitative estimate of drug-likeness (QED) is 0.441. The third-order valence-corrected chi connectivity index (χ3v) is 5.38. The van der Waals surface area contributed by atoms with E-state index < -0.39 is 0 Å². The van der Waals surface area contributed by atoms with Crippen LogP contribution in [-0.4, -0.2) is 18.4 Å². The molecule has 0 saturated carbocycles. The second kappa shape index (κ2) is 11.7. The van der Waals surface area contributed by atoms with Gasteiger partial charge >= 0.3 is 0 Å². The summed E-state index contributed by atoms with van der Waals surface area (Å²) in [4.78, 5) is 12.2. The average molecular weight is 408 g/mol. The Balaban J connectivity index is 1.81. The van der Waals surface area contributed by atoms with Crippen LogP contribution in [0.2, 0.25) is 0 Å². The van der Waals surface area contributed by atoms with Gasteiger partial charge in [0.05, 0.1) is 0 Å². The van der Waals surface area contributed by atoms with E-state index in [9.17, 15) is 4.79 Å². The summed E-state index contributed by atoms with van der Waals surface area (Å²) >= 11 is 0. The Morgan fingerprint density at radius 1 is 1.07 bits per heavy atom. The molecule has 30 heavy (non-hydrogen) atoms. The van der Waals surface area contributed by atoms with E-state index in [4.69, 9.17) is 4.74 Å². The number of Topliss-reactive ketones (excluding diaryl/α,β-unsaturated/α-hetero) is 1. The van der Waals surface area contributed by atoms with E-state index in [2.05, 4.69) is 75.1 Å². The molecule has 0 radical (unpaired) electrons. The van der Waals surface area contributed by atoms with E-state index in [1.165, 1.54) is 16.7 Å². The molecule has 3 heteroatoms. The molecule has 3 nitrogen and oxygen atoms in total. The van der Waals surface area contributed by atoms with Crippen molar-refractivity contribution in [3.05, 3.63) is 76.9 Å². The molecule has 2 aromatic carbocycles. The number of carbonyl (C=O) groups is 1. The van der Waals surface area contributed by atoms with Gasteiger partial charge in [0.1, 0.15) is 18.1 Å². The van der Waals surface area contributed by atoms with E-state index in [1.54, 1.807) is 0 Å². The van der Waals surface area contributed by atoms with Crippen molar-refractivity contribution in [1.29, 1.82) is 0 Å². The molecule has 0 bridgehead atoms. The van der Waals surface area contributed by atoms with Crippen LogP contribution in [0.3, 0.4) is 0 Å². The van der Waals surface area contributed by atoms with Crippen LogP contribution in [0.25, 0.3) is 0 Å². The number of carbonyl (C=O) groups excluding carboxylic acids is 1. The van der Waals surface area contributed by atoms with E-state index in [1.807, 2.05) is 13.8 Å². The number of rotatable bonds is 12. The van der Waals surface area contributed by atoms with Crippen molar-refractivity contribution >= 4 is 5.78 Å². The fourth-order valence-corrected chi connectivity index (χ4v) is 3.46. The molecular weight excluding hydrogens is 370 g/mol. The summed E-state index contributed by atoms with van der Waals surface area (Å²) < 4.78 is 6.02. The van der Waals surface area contributed by atoms with Crippen LogP contribution in [0.4, 0.5) is 0 Å². The molecule has 2 unspecified atom stereocenters. The van der Waals surface area contributed by atoms with Crippen molar-refractivity contribution in [2.75, 3.05) is 6.54 Å². The first-order valence-electron chi connectivity index (χ1n) is 10.9. The predicted octanol–water partition coefficient (Wildman–Crippen LogP) is 5.96. The highest BCUT2D eigenvalue weighted by molar-refractivity contribution is 5.81. The fraction of sp³-hybridized carbons (Fsp3) is 0.444. The number of aryl methyl sites for hydroxylation is 2. The highest BCUT2D eigenvalue weighted by atomic mass is 16.5. The van der Waals surface area contributed by atoms with Crippen LogP contribution in [0.5, 0.6) is 5.75 Å². The van der Waals surface area contributed by atoms with Gasteiger partial charge in [-0.2, -0.15) is 0 Å². The SMILES string of the molecule is C=C(C)CCC(=O)C(C)CNC(C)Cc1ccc(OCc2cccc(C)c2)c(C)c1. The van der Waals surface area contributed by atoms with Crippen molar-refractivity contribution in [2.45, 2.75) is 66.5 Å². The van der Waals surface area contributed by atoms with Crippen molar-refractivity contribution < 1.29 is 9.53 Å². The summed E-state index contributed by atoms with van der Waals surface area (Å²) in [7, 11) is 0. The Kier molecular flexibility index (Phi) is 9.32. The summed E-state index contributed by atoms with van der Waals surface area (Å²) in [6, 6.07) is 15.1. The van der Waals surface area contributed by atoms with Crippen LogP contribution >= 0.6 is 0 Å². The molecule has 0 aromatic heterocycles. The van der Waals surface area contributed by atoms with Crippen molar-refractivity contribution in [3.8, 4) is 5.75 Å². The zero-order chi connectivity index (χ0) is 22.1. The van der Waals surface area contributed by atoms with Crippen molar-refractivity contribution in [1.82, 2.24) is 5.32 Å². The minimum Gasteiger partial charge on any atom is -0.489 e. The molecule has 0 heterocycles. The monoisotopic (exact) mass is 407 g/mol. The predicted molar refractivity (Wildman–Crippen MR) is 126 cm³/mol.